The molecular formula is C18H20N6. The van der Waals surface area contributed by atoms with Crippen LogP contribution in [0.1, 0.15) is 35.7 Å². The molecule has 3 aromatic rings. The second-order valence-corrected chi connectivity index (χ2v) is 6.26. The zero-order valence-electron chi connectivity index (χ0n) is 13.8. The Balaban J connectivity index is 1.55. The standard InChI is InChI=1S/C18H20N6/c1-11-5-3-4-6-14(11)20-18-19-12(2)9-16(22-18)21-17-10-15(23-24-17)13-7-8-13/h3-6,9-10,13H,7-8H2,1-2H3,(H3,19,20,21,22,23,24). The number of benzene rings is 1. The molecule has 2 aromatic heterocycles. The summed E-state index contributed by atoms with van der Waals surface area (Å²) in [6.07, 6.45) is 2.48. The maximum absolute atomic E-state index is 4.55. The van der Waals surface area contributed by atoms with Gasteiger partial charge in [0.25, 0.3) is 0 Å². The second kappa shape index (κ2) is 5.96. The van der Waals surface area contributed by atoms with E-state index in [2.05, 4.69) is 49.9 Å². The van der Waals surface area contributed by atoms with Crippen molar-refractivity contribution in [2.24, 2.45) is 0 Å². The average molecular weight is 320 g/mol. The minimum atomic E-state index is 0.578. The number of nitrogens with one attached hydrogen (secondary N) is 3. The molecule has 0 bridgehead atoms. The Hall–Kier alpha value is -2.89. The van der Waals surface area contributed by atoms with Crippen molar-refractivity contribution in [3.63, 3.8) is 0 Å². The molecular weight excluding hydrogens is 300 g/mol. The monoisotopic (exact) mass is 320 g/mol. The summed E-state index contributed by atoms with van der Waals surface area (Å²) in [4.78, 5) is 9.02. The van der Waals surface area contributed by atoms with E-state index in [4.69, 9.17) is 0 Å². The van der Waals surface area contributed by atoms with Crippen molar-refractivity contribution in [2.75, 3.05) is 10.6 Å². The van der Waals surface area contributed by atoms with Crippen molar-refractivity contribution >= 4 is 23.3 Å². The number of para-hydroxylation sites is 1. The Morgan fingerprint density at radius 1 is 1.04 bits per heavy atom. The molecule has 0 spiro atoms. The van der Waals surface area contributed by atoms with Crippen molar-refractivity contribution in [3.05, 3.63) is 53.3 Å². The van der Waals surface area contributed by atoms with Crippen LogP contribution in [-0.2, 0) is 0 Å². The molecule has 122 valence electrons. The maximum atomic E-state index is 4.55. The molecule has 6 heteroatoms. The molecule has 0 unspecified atom stereocenters. The number of rotatable bonds is 5. The van der Waals surface area contributed by atoms with Crippen LogP contribution in [-0.4, -0.2) is 20.2 Å². The summed E-state index contributed by atoms with van der Waals surface area (Å²) in [6, 6.07) is 12.1. The molecule has 24 heavy (non-hydrogen) atoms. The molecule has 1 aromatic carbocycles. The number of aromatic nitrogens is 4. The number of anilines is 4. The lowest BCUT2D eigenvalue weighted by atomic mass is 10.2. The summed E-state index contributed by atoms with van der Waals surface area (Å²) in [5.41, 5.74) is 4.18. The van der Waals surface area contributed by atoms with Gasteiger partial charge in [0, 0.05) is 29.4 Å². The van der Waals surface area contributed by atoms with Crippen molar-refractivity contribution in [2.45, 2.75) is 32.6 Å². The zero-order chi connectivity index (χ0) is 16.5. The van der Waals surface area contributed by atoms with Gasteiger partial charge in [-0.3, -0.25) is 5.10 Å². The highest BCUT2D eigenvalue weighted by Gasteiger charge is 2.26. The maximum Gasteiger partial charge on any atom is 0.229 e. The van der Waals surface area contributed by atoms with E-state index in [0.29, 0.717) is 11.9 Å². The fraction of sp³-hybridized carbons (Fsp3) is 0.278. The Morgan fingerprint density at radius 3 is 2.67 bits per heavy atom. The quantitative estimate of drug-likeness (QED) is 0.657. The van der Waals surface area contributed by atoms with E-state index >= 15 is 0 Å². The third-order valence-corrected chi connectivity index (χ3v) is 4.10. The third-order valence-electron chi connectivity index (χ3n) is 4.10. The summed E-state index contributed by atoms with van der Waals surface area (Å²) in [5, 5.41) is 13.9. The smallest absolute Gasteiger partial charge is 0.229 e. The molecule has 0 aliphatic heterocycles. The Morgan fingerprint density at radius 2 is 1.88 bits per heavy atom. The molecule has 1 aliphatic rings. The van der Waals surface area contributed by atoms with Gasteiger partial charge >= 0.3 is 0 Å². The van der Waals surface area contributed by atoms with Gasteiger partial charge in [0.2, 0.25) is 5.95 Å². The highest BCUT2D eigenvalue weighted by atomic mass is 15.2. The molecule has 0 amide bonds. The van der Waals surface area contributed by atoms with Crippen LogP contribution in [0.4, 0.5) is 23.3 Å². The minimum absolute atomic E-state index is 0.578. The molecule has 0 radical (unpaired) electrons. The fourth-order valence-corrected chi connectivity index (χ4v) is 2.65. The predicted molar refractivity (Wildman–Crippen MR) is 95.1 cm³/mol. The van der Waals surface area contributed by atoms with Gasteiger partial charge in [0.1, 0.15) is 11.6 Å². The van der Waals surface area contributed by atoms with E-state index in [0.717, 1.165) is 34.3 Å². The molecule has 3 N–H and O–H groups in total. The highest BCUT2D eigenvalue weighted by molar-refractivity contribution is 5.61. The van der Waals surface area contributed by atoms with E-state index in [1.807, 2.05) is 31.2 Å². The van der Waals surface area contributed by atoms with Crippen LogP contribution in [0.5, 0.6) is 0 Å². The van der Waals surface area contributed by atoms with Gasteiger partial charge < -0.3 is 10.6 Å². The molecule has 1 fully saturated rings. The number of aromatic amines is 1. The highest BCUT2D eigenvalue weighted by Crippen LogP contribution is 2.39. The van der Waals surface area contributed by atoms with Gasteiger partial charge in [0.15, 0.2) is 0 Å². The number of aryl methyl sites for hydroxylation is 2. The van der Waals surface area contributed by atoms with Crippen LogP contribution < -0.4 is 10.6 Å². The van der Waals surface area contributed by atoms with Crippen LogP contribution in [0, 0.1) is 13.8 Å². The topological polar surface area (TPSA) is 78.5 Å². The largest absolute Gasteiger partial charge is 0.325 e. The third kappa shape index (κ3) is 3.22. The van der Waals surface area contributed by atoms with E-state index in [1.165, 1.54) is 12.8 Å². The van der Waals surface area contributed by atoms with Gasteiger partial charge in [-0.15, -0.1) is 0 Å². The Labute approximate surface area is 140 Å². The summed E-state index contributed by atoms with van der Waals surface area (Å²) in [6.45, 7) is 4.01. The van der Waals surface area contributed by atoms with Crippen molar-refractivity contribution < 1.29 is 0 Å². The first kappa shape index (κ1) is 14.7. The summed E-state index contributed by atoms with van der Waals surface area (Å²) in [5.74, 6) is 2.80. The van der Waals surface area contributed by atoms with E-state index in [1.54, 1.807) is 0 Å². The Kier molecular flexibility index (Phi) is 3.65. The van der Waals surface area contributed by atoms with E-state index < -0.39 is 0 Å². The van der Waals surface area contributed by atoms with Crippen LogP contribution in [0.15, 0.2) is 36.4 Å². The number of hydrogen-bond acceptors (Lipinski definition) is 5. The lowest BCUT2D eigenvalue weighted by Crippen LogP contribution is -2.03. The number of H-pyrrole nitrogens is 1. The molecule has 1 saturated carbocycles. The number of nitrogens with zero attached hydrogens (tertiary/aromatic N) is 3. The van der Waals surface area contributed by atoms with Crippen molar-refractivity contribution in [1.29, 1.82) is 0 Å². The molecule has 1 aliphatic carbocycles. The van der Waals surface area contributed by atoms with Crippen LogP contribution in [0.3, 0.4) is 0 Å². The van der Waals surface area contributed by atoms with E-state index in [-0.39, 0.29) is 0 Å². The zero-order valence-corrected chi connectivity index (χ0v) is 13.8. The van der Waals surface area contributed by atoms with Crippen molar-refractivity contribution in [1.82, 2.24) is 20.2 Å². The SMILES string of the molecule is Cc1cc(Nc2cc(C3CC3)n[nH]2)nc(Nc2ccccc2C)n1. The molecule has 0 saturated heterocycles. The van der Waals surface area contributed by atoms with Crippen molar-refractivity contribution in [3.8, 4) is 0 Å². The second-order valence-electron chi connectivity index (χ2n) is 6.26. The minimum Gasteiger partial charge on any atom is -0.325 e. The average Bonchev–Trinajstić information content (AvgIpc) is 3.29. The van der Waals surface area contributed by atoms with Crippen LogP contribution in [0.2, 0.25) is 0 Å². The van der Waals surface area contributed by atoms with E-state index in [9.17, 15) is 0 Å². The number of hydrogen-bond donors (Lipinski definition) is 3. The molecule has 0 atom stereocenters. The first-order valence-corrected chi connectivity index (χ1v) is 8.18. The summed E-state index contributed by atoms with van der Waals surface area (Å²) >= 11 is 0. The van der Waals surface area contributed by atoms with Gasteiger partial charge in [-0.1, -0.05) is 18.2 Å². The van der Waals surface area contributed by atoms with Crippen LogP contribution >= 0.6 is 0 Å². The molecule has 4 rings (SSSR count). The first-order chi connectivity index (χ1) is 11.7. The van der Waals surface area contributed by atoms with Gasteiger partial charge in [-0.25, -0.2) is 4.98 Å². The van der Waals surface area contributed by atoms with Gasteiger partial charge in [-0.05, 0) is 38.3 Å². The predicted octanol–water partition coefficient (Wildman–Crippen LogP) is 4.18. The normalized spacial score (nSPS) is 13.8. The lowest BCUT2D eigenvalue weighted by molar-refractivity contribution is 0.966. The fourth-order valence-electron chi connectivity index (χ4n) is 2.65. The molecule has 2 heterocycles. The first-order valence-electron chi connectivity index (χ1n) is 8.18. The Bertz CT molecular complexity index is 865. The molecule has 6 nitrogen and oxygen atoms in total. The summed E-state index contributed by atoms with van der Waals surface area (Å²) in [7, 11) is 0. The lowest BCUT2D eigenvalue weighted by Gasteiger charge is -2.10. The summed E-state index contributed by atoms with van der Waals surface area (Å²) < 4.78 is 0. The van der Waals surface area contributed by atoms with Gasteiger partial charge in [-0.2, -0.15) is 10.1 Å². The van der Waals surface area contributed by atoms with Gasteiger partial charge in [0.05, 0.1) is 5.69 Å². The van der Waals surface area contributed by atoms with Crippen LogP contribution in [0.25, 0.3) is 0 Å².